The van der Waals surface area contributed by atoms with Crippen LogP contribution < -0.4 is 0 Å². The van der Waals surface area contributed by atoms with Crippen molar-refractivity contribution in [3.05, 3.63) is 11.6 Å². The molecule has 3 atom stereocenters. The van der Waals surface area contributed by atoms with E-state index in [0.29, 0.717) is 5.41 Å². The summed E-state index contributed by atoms with van der Waals surface area (Å²) in [6.45, 7) is 14.2. The standard InChI is InChI=1S/C15H28/c1-11-7-12(2)9-14(8-11)13(3)10-15(4,5)6/h8,12-14H,7,9-10H2,1-6H3. The Morgan fingerprint density at radius 2 is 2.00 bits per heavy atom. The van der Waals surface area contributed by atoms with E-state index >= 15 is 0 Å². The maximum absolute atomic E-state index is 2.54. The van der Waals surface area contributed by atoms with Gasteiger partial charge in [0.05, 0.1) is 0 Å². The lowest BCUT2D eigenvalue weighted by Crippen LogP contribution is -2.22. The van der Waals surface area contributed by atoms with E-state index in [2.05, 4.69) is 47.6 Å². The highest BCUT2D eigenvalue weighted by atomic mass is 14.3. The fraction of sp³-hybridized carbons (Fsp3) is 0.867. The van der Waals surface area contributed by atoms with E-state index in [1.54, 1.807) is 5.57 Å². The van der Waals surface area contributed by atoms with Crippen molar-refractivity contribution < 1.29 is 0 Å². The summed E-state index contributed by atoms with van der Waals surface area (Å²) >= 11 is 0. The average Bonchev–Trinajstić information content (AvgIpc) is 1.98. The van der Waals surface area contributed by atoms with Gasteiger partial charge >= 0.3 is 0 Å². The van der Waals surface area contributed by atoms with E-state index in [1.807, 2.05) is 0 Å². The third-order valence-electron chi connectivity index (χ3n) is 3.51. The van der Waals surface area contributed by atoms with E-state index in [-0.39, 0.29) is 0 Å². The zero-order valence-corrected chi connectivity index (χ0v) is 11.4. The molecule has 0 heteroatoms. The van der Waals surface area contributed by atoms with Gasteiger partial charge in [-0.2, -0.15) is 0 Å². The molecule has 0 amide bonds. The molecule has 0 heterocycles. The van der Waals surface area contributed by atoms with Crippen LogP contribution in [0.4, 0.5) is 0 Å². The van der Waals surface area contributed by atoms with Gasteiger partial charge in [0.2, 0.25) is 0 Å². The zero-order chi connectivity index (χ0) is 11.6. The van der Waals surface area contributed by atoms with Gasteiger partial charge in [-0.25, -0.2) is 0 Å². The molecule has 1 aliphatic rings. The Labute approximate surface area is 96.2 Å². The normalized spacial score (nSPS) is 29.9. The van der Waals surface area contributed by atoms with Crippen molar-refractivity contribution in [3.63, 3.8) is 0 Å². The van der Waals surface area contributed by atoms with Crippen LogP contribution in [-0.4, -0.2) is 0 Å². The van der Waals surface area contributed by atoms with Crippen molar-refractivity contribution in [2.24, 2.45) is 23.2 Å². The first-order valence-corrected chi connectivity index (χ1v) is 6.45. The molecule has 0 spiro atoms. The van der Waals surface area contributed by atoms with Crippen LogP contribution in [0, 0.1) is 23.2 Å². The second-order valence-electron chi connectivity index (χ2n) is 6.96. The minimum atomic E-state index is 0.474. The van der Waals surface area contributed by atoms with Crippen molar-refractivity contribution in [2.75, 3.05) is 0 Å². The first-order chi connectivity index (χ1) is 6.78. The van der Waals surface area contributed by atoms with Crippen molar-refractivity contribution in [1.82, 2.24) is 0 Å². The predicted molar refractivity (Wildman–Crippen MR) is 68.9 cm³/mol. The molecule has 0 aromatic carbocycles. The molecule has 0 N–H and O–H groups in total. The van der Waals surface area contributed by atoms with Crippen LogP contribution in [0.3, 0.4) is 0 Å². The van der Waals surface area contributed by atoms with Gasteiger partial charge in [-0.15, -0.1) is 0 Å². The minimum absolute atomic E-state index is 0.474. The quantitative estimate of drug-likeness (QED) is 0.557. The lowest BCUT2D eigenvalue weighted by molar-refractivity contribution is 0.234. The van der Waals surface area contributed by atoms with E-state index in [9.17, 15) is 0 Å². The second kappa shape index (κ2) is 4.72. The molecule has 0 saturated heterocycles. The first-order valence-electron chi connectivity index (χ1n) is 6.45. The smallest absolute Gasteiger partial charge is 0.0202 e. The van der Waals surface area contributed by atoms with Crippen molar-refractivity contribution in [3.8, 4) is 0 Å². The summed E-state index contributed by atoms with van der Waals surface area (Å²) in [4.78, 5) is 0. The summed E-state index contributed by atoms with van der Waals surface area (Å²) in [5, 5.41) is 0. The lowest BCUT2D eigenvalue weighted by Gasteiger charge is -2.33. The molecular formula is C15H28. The maximum atomic E-state index is 2.54. The van der Waals surface area contributed by atoms with E-state index < -0.39 is 0 Å². The van der Waals surface area contributed by atoms with Gasteiger partial charge in [-0.05, 0) is 49.4 Å². The summed E-state index contributed by atoms with van der Waals surface area (Å²) in [5.41, 5.74) is 2.08. The highest BCUT2D eigenvalue weighted by Crippen LogP contribution is 2.37. The molecule has 0 fully saturated rings. The maximum Gasteiger partial charge on any atom is -0.0202 e. The molecule has 0 aliphatic heterocycles. The van der Waals surface area contributed by atoms with Crippen molar-refractivity contribution in [2.45, 2.75) is 60.8 Å². The number of rotatable bonds is 2. The Morgan fingerprint density at radius 1 is 1.40 bits per heavy atom. The largest absolute Gasteiger partial charge is 0.0822 e. The van der Waals surface area contributed by atoms with E-state index in [4.69, 9.17) is 0 Å². The summed E-state index contributed by atoms with van der Waals surface area (Å²) < 4.78 is 0. The molecule has 15 heavy (non-hydrogen) atoms. The van der Waals surface area contributed by atoms with Crippen molar-refractivity contribution in [1.29, 1.82) is 0 Å². The monoisotopic (exact) mass is 208 g/mol. The highest BCUT2D eigenvalue weighted by molar-refractivity contribution is 5.07. The van der Waals surface area contributed by atoms with Crippen molar-refractivity contribution >= 4 is 0 Å². The van der Waals surface area contributed by atoms with Crippen LogP contribution >= 0.6 is 0 Å². The third kappa shape index (κ3) is 4.40. The Hall–Kier alpha value is -0.260. The molecule has 1 aliphatic carbocycles. The molecule has 0 aromatic heterocycles. The lowest BCUT2D eigenvalue weighted by atomic mass is 9.73. The Balaban J connectivity index is 2.60. The van der Waals surface area contributed by atoms with Crippen LogP contribution in [0.1, 0.15) is 60.8 Å². The van der Waals surface area contributed by atoms with E-state index in [1.165, 1.54) is 19.3 Å². The Morgan fingerprint density at radius 3 is 2.47 bits per heavy atom. The van der Waals surface area contributed by atoms with Gasteiger partial charge in [0.1, 0.15) is 0 Å². The number of hydrogen-bond acceptors (Lipinski definition) is 0. The number of allylic oxidation sites excluding steroid dienone is 2. The highest BCUT2D eigenvalue weighted by Gasteiger charge is 2.25. The van der Waals surface area contributed by atoms with Gasteiger partial charge in [0.15, 0.2) is 0 Å². The third-order valence-corrected chi connectivity index (χ3v) is 3.51. The average molecular weight is 208 g/mol. The minimum Gasteiger partial charge on any atom is -0.0822 e. The number of hydrogen-bond donors (Lipinski definition) is 0. The Bertz CT molecular complexity index is 229. The summed E-state index contributed by atoms with van der Waals surface area (Å²) in [5.74, 6) is 2.55. The molecule has 1 rings (SSSR count). The summed E-state index contributed by atoms with van der Waals surface area (Å²) in [6.07, 6.45) is 6.60. The van der Waals surface area contributed by atoms with Crippen LogP contribution in [0.15, 0.2) is 11.6 Å². The van der Waals surface area contributed by atoms with E-state index in [0.717, 1.165) is 17.8 Å². The fourth-order valence-electron chi connectivity index (χ4n) is 3.11. The molecule has 88 valence electrons. The van der Waals surface area contributed by atoms with Gasteiger partial charge in [-0.3, -0.25) is 0 Å². The topological polar surface area (TPSA) is 0 Å². The molecule has 0 radical (unpaired) electrons. The van der Waals surface area contributed by atoms with Gasteiger partial charge in [0, 0.05) is 0 Å². The molecular weight excluding hydrogens is 180 g/mol. The van der Waals surface area contributed by atoms with Crippen LogP contribution in [0.2, 0.25) is 0 Å². The Kier molecular flexibility index (Phi) is 4.03. The van der Waals surface area contributed by atoms with Crippen LogP contribution in [0.25, 0.3) is 0 Å². The molecule has 3 unspecified atom stereocenters. The molecule has 0 nitrogen and oxygen atoms in total. The van der Waals surface area contributed by atoms with Gasteiger partial charge in [-0.1, -0.05) is 46.3 Å². The summed E-state index contributed by atoms with van der Waals surface area (Å²) in [7, 11) is 0. The predicted octanol–water partition coefficient (Wildman–Crippen LogP) is 5.05. The SMILES string of the molecule is CC1=CC(C(C)CC(C)(C)C)CC(C)C1. The van der Waals surface area contributed by atoms with Gasteiger partial charge < -0.3 is 0 Å². The summed E-state index contributed by atoms with van der Waals surface area (Å²) in [6, 6.07) is 0. The molecule has 0 saturated carbocycles. The van der Waals surface area contributed by atoms with Gasteiger partial charge in [0.25, 0.3) is 0 Å². The fourth-order valence-corrected chi connectivity index (χ4v) is 3.11. The van der Waals surface area contributed by atoms with Crippen LogP contribution in [-0.2, 0) is 0 Å². The zero-order valence-electron chi connectivity index (χ0n) is 11.4. The molecule has 0 aromatic rings. The van der Waals surface area contributed by atoms with Crippen LogP contribution in [0.5, 0.6) is 0 Å². The first kappa shape index (κ1) is 12.8. The molecule has 0 bridgehead atoms. The second-order valence-corrected chi connectivity index (χ2v) is 6.96.